The Balaban J connectivity index is 1.30. The number of ether oxygens (including phenoxy) is 1. The van der Waals surface area contributed by atoms with Crippen molar-refractivity contribution in [3.8, 4) is 0 Å². The van der Waals surface area contributed by atoms with Gasteiger partial charge in [0.2, 0.25) is 0 Å². The fourth-order valence-electron chi connectivity index (χ4n) is 4.13. The molecule has 1 atom stereocenters. The topological polar surface area (TPSA) is 35.9 Å². The minimum absolute atomic E-state index is 0.272. The van der Waals surface area contributed by atoms with Crippen molar-refractivity contribution in [3.05, 3.63) is 94.2 Å². The van der Waals surface area contributed by atoms with Crippen molar-refractivity contribution < 1.29 is 9.84 Å². The first-order valence-corrected chi connectivity index (χ1v) is 11.5. The van der Waals surface area contributed by atoms with Crippen molar-refractivity contribution in [3.63, 3.8) is 0 Å². The molecule has 0 saturated carbocycles. The third kappa shape index (κ3) is 5.78. The van der Waals surface area contributed by atoms with Gasteiger partial charge in [-0.05, 0) is 22.6 Å². The van der Waals surface area contributed by atoms with E-state index in [2.05, 4.69) is 76.5 Å². The standard InChI is InChI=1S/C25H30N2O2S/c28-23(19-29-20-24-12-7-17-30-24)18-26-13-15-27(16-14-26)25(21-8-3-1-4-9-21)22-10-5-2-6-11-22/h1-12,17,23,25,28H,13-16,18-20H2/t23-/m0/s1. The van der Waals surface area contributed by atoms with Crippen LogP contribution in [-0.2, 0) is 11.3 Å². The van der Waals surface area contributed by atoms with Gasteiger partial charge in [-0.25, -0.2) is 0 Å². The Morgan fingerprint density at radius 3 is 2.03 bits per heavy atom. The molecule has 0 amide bonds. The van der Waals surface area contributed by atoms with Crippen molar-refractivity contribution in [1.82, 2.24) is 9.80 Å². The van der Waals surface area contributed by atoms with E-state index in [1.165, 1.54) is 16.0 Å². The Morgan fingerprint density at radius 2 is 1.47 bits per heavy atom. The lowest BCUT2D eigenvalue weighted by Crippen LogP contribution is -2.50. The molecule has 2 aromatic carbocycles. The SMILES string of the molecule is O[C@H](COCc1cccs1)CN1CCN(C(c2ccccc2)c2ccccc2)CC1. The van der Waals surface area contributed by atoms with Crippen LogP contribution >= 0.6 is 11.3 Å². The third-order valence-corrected chi connectivity index (χ3v) is 6.46. The molecule has 0 unspecified atom stereocenters. The molecule has 0 aliphatic carbocycles. The normalized spacial score (nSPS) is 16.7. The molecule has 3 aromatic rings. The molecule has 158 valence electrons. The van der Waals surface area contributed by atoms with E-state index < -0.39 is 6.10 Å². The van der Waals surface area contributed by atoms with E-state index in [1.807, 2.05) is 11.4 Å². The molecule has 5 heteroatoms. The molecule has 0 spiro atoms. The number of β-amino-alcohol motifs (C(OH)–C–C–N with tert-alkyl or cyclic N) is 1. The van der Waals surface area contributed by atoms with Crippen molar-refractivity contribution in [2.45, 2.75) is 18.8 Å². The van der Waals surface area contributed by atoms with E-state index in [0.29, 0.717) is 19.8 Å². The van der Waals surface area contributed by atoms with Crippen LogP contribution in [0, 0.1) is 0 Å². The number of aliphatic hydroxyl groups is 1. The zero-order valence-corrected chi connectivity index (χ0v) is 18.1. The number of nitrogens with zero attached hydrogens (tertiary/aromatic N) is 2. The number of aliphatic hydroxyl groups excluding tert-OH is 1. The smallest absolute Gasteiger partial charge is 0.0900 e. The Morgan fingerprint density at radius 1 is 0.833 bits per heavy atom. The first-order chi connectivity index (χ1) is 14.8. The lowest BCUT2D eigenvalue weighted by atomic mass is 9.96. The summed E-state index contributed by atoms with van der Waals surface area (Å²) < 4.78 is 5.68. The summed E-state index contributed by atoms with van der Waals surface area (Å²) in [5.74, 6) is 0. The van der Waals surface area contributed by atoms with Gasteiger partial charge in [-0.1, -0.05) is 66.7 Å². The van der Waals surface area contributed by atoms with Crippen LogP contribution in [0.15, 0.2) is 78.2 Å². The van der Waals surface area contributed by atoms with Gasteiger partial charge in [0.25, 0.3) is 0 Å². The molecule has 1 aromatic heterocycles. The second kappa shape index (κ2) is 10.8. The van der Waals surface area contributed by atoms with Crippen molar-refractivity contribution in [2.24, 2.45) is 0 Å². The molecule has 4 nitrogen and oxygen atoms in total. The first-order valence-electron chi connectivity index (χ1n) is 10.6. The highest BCUT2D eigenvalue weighted by molar-refractivity contribution is 7.09. The van der Waals surface area contributed by atoms with E-state index in [0.717, 1.165) is 26.2 Å². The summed E-state index contributed by atoms with van der Waals surface area (Å²) in [5, 5.41) is 12.4. The van der Waals surface area contributed by atoms with Gasteiger partial charge < -0.3 is 9.84 Å². The highest BCUT2D eigenvalue weighted by Crippen LogP contribution is 2.29. The predicted octanol–water partition coefficient (Wildman–Crippen LogP) is 4.03. The Hall–Kier alpha value is -2.02. The van der Waals surface area contributed by atoms with Crippen molar-refractivity contribution in [2.75, 3.05) is 39.3 Å². The van der Waals surface area contributed by atoms with Crippen molar-refractivity contribution >= 4 is 11.3 Å². The lowest BCUT2D eigenvalue weighted by molar-refractivity contribution is -0.0000846. The molecule has 0 bridgehead atoms. The maximum atomic E-state index is 10.4. The van der Waals surface area contributed by atoms with Gasteiger partial charge in [0.1, 0.15) is 0 Å². The van der Waals surface area contributed by atoms with Crippen molar-refractivity contribution in [1.29, 1.82) is 0 Å². The number of rotatable bonds is 9. The average molecular weight is 423 g/mol. The van der Waals surface area contributed by atoms with Gasteiger partial charge >= 0.3 is 0 Å². The largest absolute Gasteiger partial charge is 0.389 e. The summed E-state index contributed by atoms with van der Waals surface area (Å²) in [6.45, 7) is 5.51. The average Bonchev–Trinajstić information content (AvgIpc) is 3.30. The van der Waals surface area contributed by atoms with E-state index in [1.54, 1.807) is 11.3 Å². The fraction of sp³-hybridized carbons (Fsp3) is 0.360. The molecular formula is C25H30N2O2S. The molecule has 0 radical (unpaired) electrons. The number of hydrogen-bond acceptors (Lipinski definition) is 5. The maximum absolute atomic E-state index is 10.4. The van der Waals surface area contributed by atoms with E-state index >= 15 is 0 Å². The summed E-state index contributed by atoms with van der Waals surface area (Å²) in [5.41, 5.74) is 2.67. The van der Waals surface area contributed by atoms with Crippen LogP contribution in [0.1, 0.15) is 22.0 Å². The predicted molar refractivity (Wildman–Crippen MR) is 123 cm³/mol. The third-order valence-electron chi connectivity index (χ3n) is 5.61. The molecule has 2 heterocycles. The van der Waals surface area contributed by atoms with E-state index in [9.17, 15) is 5.11 Å². The quantitative estimate of drug-likeness (QED) is 0.565. The summed E-state index contributed by atoms with van der Waals surface area (Å²) in [6.07, 6.45) is -0.449. The number of hydrogen-bond donors (Lipinski definition) is 1. The monoisotopic (exact) mass is 422 g/mol. The fourth-order valence-corrected chi connectivity index (χ4v) is 4.77. The first kappa shape index (κ1) is 21.2. The Bertz CT molecular complexity index is 810. The zero-order valence-electron chi connectivity index (χ0n) is 17.3. The summed E-state index contributed by atoms with van der Waals surface area (Å²) in [4.78, 5) is 6.10. The molecule has 1 saturated heterocycles. The van der Waals surface area contributed by atoms with Crippen LogP contribution in [0.5, 0.6) is 0 Å². The van der Waals surface area contributed by atoms with Crippen LogP contribution in [-0.4, -0.2) is 60.3 Å². The van der Waals surface area contributed by atoms with Crippen LogP contribution in [0.3, 0.4) is 0 Å². The molecule has 1 fully saturated rings. The molecular weight excluding hydrogens is 392 g/mol. The van der Waals surface area contributed by atoms with Gasteiger partial charge in [-0.2, -0.15) is 0 Å². The van der Waals surface area contributed by atoms with Crippen LogP contribution in [0.25, 0.3) is 0 Å². The number of piperazine rings is 1. The van der Waals surface area contributed by atoms with Gasteiger partial charge in [0, 0.05) is 37.6 Å². The van der Waals surface area contributed by atoms with Gasteiger partial charge in [-0.15, -0.1) is 11.3 Å². The minimum atomic E-state index is -0.449. The number of benzene rings is 2. The second-order valence-electron chi connectivity index (χ2n) is 7.81. The summed E-state index contributed by atoms with van der Waals surface area (Å²) in [6, 6.07) is 25.9. The van der Waals surface area contributed by atoms with Gasteiger partial charge in [0.05, 0.1) is 25.4 Å². The van der Waals surface area contributed by atoms with Crippen LogP contribution in [0.4, 0.5) is 0 Å². The molecule has 1 N–H and O–H groups in total. The lowest BCUT2D eigenvalue weighted by Gasteiger charge is -2.40. The van der Waals surface area contributed by atoms with E-state index in [4.69, 9.17) is 4.74 Å². The second-order valence-corrected chi connectivity index (χ2v) is 8.84. The van der Waals surface area contributed by atoms with E-state index in [-0.39, 0.29) is 6.04 Å². The highest BCUT2D eigenvalue weighted by Gasteiger charge is 2.27. The summed E-state index contributed by atoms with van der Waals surface area (Å²) in [7, 11) is 0. The Kier molecular flexibility index (Phi) is 7.67. The van der Waals surface area contributed by atoms with Gasteiger partial charge in [-0.3, -0.25) is 9.80 Å². The molecule has 1 aliphatic rings. The van der Waals surface area contributed by atoms with Crippen LogP contribution < -0.4 is 0 Å². The zero-order chi connectivity index (χ0) is 20.6. The molecule has 4 rings (SSSR count). The molecule has 30 heavy (non-hydrogen) atoms. The Labute approximate surface area is 183 Å². The van der Waals surface area contributed by atoms with Crippen LogP contribution in [0.2, 0.25) is 0 Å². The molecule has 1 aliphatic heterocycles. The highest BCUT2D eigenvalue weighted by atomic mass is 32.1. The number of thiophene rings is 1. The summed E-state index contributed by atoms with van der Waals surface area (Å²) >= 11 is 1.69. The van der Waals surface area contributed by atoms with Gasteiger partial charge in [0.15, 0.2) is 0 Å². The maximum Gasteiger partial charge on any atom is 0.0900 e. The minimum Gasteiger partial charge on any atom is -0.389 e.